The second-order valence-electron chi connectivity index (χ2n) is 6.23. The van der Waals surface area contributed by atoms with Gasteiger partial charge in [-0.2, -0.15) is 0 Å². The van der Waals surface area contributed by atoms with Gasteiger partial charge in [0.1, 0.15) is 0 Å². The number of benzene rings is 1. The number of nitrogens with one attached hydrogen (secondary N) is 1. The van der Waals surface area contributed by atoms with E-state index in [1.165, 1.54) is 30.5 Å². The predicted octanol–water partition coefficient (Wildman–Crippen LogP) is 2.54. The van der Waals surface area contributed by atoms with Crippen molar-refractivity contribution in [2.24, 2.45) is 5.92 Å². The number of hydrogen-bond acceptors (Lipinski definition) is 2. The maximum atomic E-state index is 9.87. The minimum absolute atomic E-state index is 0.620. The maximum Gasteiger partial charge on any atom is 0.0631 e. The highest BCUT2D eigenvalue weighted by Gasteiger charge is 2.15. The van der Waals surface area contributed by atoms with Crippen LogP contribution in [0.1, 0.15) is 37.8 Å². The molecule has 1 aromatic rings. The molecule has 100 valence electrons. The van der Waals surface area contributed by atoms with E-state index in [1.807, 2.05) is 13.8 Å². The van der Waals surface area contributed by atoms with Gasteiger partial charge in [0.15, 0.2) is 0 Å². The SMILES string of the molecule is CC(C)(O)Cc1cccc(CC2CCCNC2)c1. The van der Waals surface area contributed by atoms with Crippen LogP contribution in [0.3, 0.4) is 0 Å². The number of rotatable bonds is 4. The summed E-state index contributed by atoms with van der Waals surface area (Å²) >= 11 is 0. The summed E-state index contributed by atoms with van der Waals surface area (Å²) in [4.78, 5) is 0. The molecule has 2 rings (SSSR count). The van der Waals surface area contributed by atoms with E-state index in [2.05, 4.69) is 29.6 Å². The molecule has 18 heavy (non-hydrogen) atoms. The molecular weight excluding hydrogens is 222 g/mol. The van der Waals surface area contributed by atoms with Gasteiger partial charge in [0.2, 0.25) is 0 Å². The minimum Gasteiger partial charge on any atom is -0.390 e. The zero-order valence-corrected chi connectivity index (χ0v) is 11.6. The van der Waals surface area contributed by atoms with Crippen LogP contribution >= 0.6 is 0 Å². The first-order valence-corrected chi connectivity index (χ1v) is 7.04. The molecule has 1 aliphatic rings. The molecule has 1 fully saturated rings. The molecule has 2 heteroatoms. The molecule has 1 atom stereocenters. The van der Waals surface area contributed by atoms with Gasteiger partial charge < -0.3 is 10.4 Å². The Hall–Kier alpha value is -0.860. The Bertz CT molecular complexity index is 375. The lowest BCUT2D eigenvalue weighted by Crippen LogP contribution is -2.30. The molecule has 2 nitrogen and oxygen atoms in total. The van der Waals surface area contributed by atoms with Crippen LogP contribution in [-0.2, 0) is 12.8 Å². The fourth-order valence-corrected chi connectivity index (χ4v) is 2.80. The molecule has 0 radical (unpaired) electrons. The summed E-state index contributed by atoms with van der Waals surface area (Å²) in [6.07, 6.45) is 4.52. The van der Waals surface area contributed by atoms with E-state index in [1.54, 1.807) is 0 Å². The van der Waals surface area contributed by atoms with Crippen LogP contribution in [0.2, 0.25) is 0 Å². The zero-order valence-electron chi connectivity index (χ0n) is 11.6. The fourth-order valence-electron chi connectivity index (χ4n) is 2.80. The Labute approximate surface area is 110 Å². The molecule has 0 aromatic heterocycles. The summed E-state index contributed by atoms with van der Waals surface area (Å²) in [5.41, 5.74) is 2.03. The Kier molecular flexibility index (Phi) is 4.41. The van der Waals surface area contributed by atoms with E-state index in [9.17, 15) is 5.11 Å². The van der Waals surface area contributed by atoms with Crippen molar-refractivity contribution in [1.82, 2.24) is 5.32 Å². The van der Waals surface area contributed by atoms with Gasteiger partial charge in [0.25, 0.3) is 0 Å². The van der Waals surface area contributed by atoms with Gasteiger partial charge in [-0.1, -0.05) is 24.3 Å². The first-order chi connectivity index (χ1) is 8.53. The first-order valence-electron chi connectivity index (χ1n) is 7.04. The highest BCUT2D eigenvalue weighted by molar-refractivity contribution is 5.25. The normalized spacial score (nSPS) is 20.9. The highest BCUT2D eigenvalue weighted by Crippen LogP contribution is 2.19. The molecule has 0 spiro atoms. The average molecular weight is 247 g/mol. The molecule has 1 saturated heterocycles. The van der Waals surface area contributed by atoms with Crippen molar-refractivity contribution in [3.8, 4) is 0 Å². The van der Waals surface area contributed by atoms with Crippen molar-refractivity contribution in [2.75, 3.05) is 13.1 Å². The molecule has 0 aliphatic carbocycles. The van der Waals surface area contributed by atoms with E-state index >= 15 is 0 Å². The predicted molar refractivity (Wildman–Crippen MR) is 75.7 cm³/mol. The van der Waals surface area contributed by atoms with Crippen molar-refractivity contribution in [3.05, 3.63) is 35.4 Å². The lowest BCUT2D eigenvalue weighted by molar-refractivity contribution is 0.0810. The van der Waals surface area contributed by atoms with Crippen molar-refractivity contribution in [1.29, 1.82) is 0 Å². The second-order valence-corrected chi connectivity index (χ2v) is 6.23. The number of hydrogen-bond donors (Lipinski definition) is 2. The number of piperidine rings is 1. The standard InChI is InChI=1S/C16H25NO/c1-16(2,18)11-14-6-3-5-13(9-14)10-15-7-4-8-17-12-15/h3,5-6,9,15,17-18H,4,7-8,10-12H2,1-2H3. The van der Waals surface area contributed by atoms with Crippen LogP contribution in [0, 0.1) is 5.92 Å². The Morgan fingerprint density at radius 1 is 1.33 bits per heavy atom. The molecule has 2 N–H and O–H groups in total. The van der Waals surface area contributed by atoms with Crippen molar-refractivity contribution in [3.63, 3.8) is 0 Å². The summed E-state index contributed by atoms with van der Waals surface area (Å²) < 4.78 is 0. The minimum atomic E-state index is -0.620. The molecular formula is C16H25NO. The Balaban J connectivity index is 1.98. The van der Waals surface area contributed by atoms with Crippen LogP contribution < -0.4 is 5.32 Å². The molecule has 1 aromatic carbocycles. The van der Waals surface area contributed by atoms with Crippen molar-refractivity contribution < 1.29 is 5.11 Å². The molecule has 1 heterocycles. The van der Waals surface area contributed by atoms with E-state index in [4.69, 9.17) is 0 Å². The molecule has 1 unspecified atom stereocenters. The lowest BCUT2D eigenvalue weighted by Gasteiger charge is -2.23. The third kappa shape index (κ3) is 4.43. The Morgan fingerprint density at radius 3 is 2.78 bits per heavy atom. The summed E-state index contributed by atoms with van der Waals surface area (Å²) in [5, 5.41) is 13.3. The highest BCUT2D eigenvalue weighted by atomic mass is 16.3. The van der Waals surface area contributed by atoms with E-state index in [-0.39, 0.29) is 0 Å². The summed E-state index contributed by atoms with van der Waals surface area (Å²) in [6.45, 7) is 6.06. The quantitative estimate of drug-likeness (QED) is 0.857. The second kappa shape index (κ2) is 5.85. The largest absolute Gasteiger partial charge is 0.390 e. The Morgan fingerprint density at radius 2 is 2.11 bits per heavy atom. The van der Waals surface area contributed by atoms with Crippen molar-refractivity contribution >= 4 is 0 Å². The smallest absolute Gasteiger partial charge is 0.0631 e. The van der Waals surface area contributed by atoms with Crippen LogP contribution in [0.5, 0.6) is 0 Å². The van der Waals surface area contributed by atoms with E-state index in [0.29, 0.717) is 0 Å². The van der Waals surface area contributed by atoms with Gasteiger partial charge >= 0.3 is 0 Å². The third-order valence-corrected chi connectivity index (χ3v) is 3.55. The van der Waals surface area contributed by atoms with Crippen LogP contribution in [-0.4, -0.2) is 23.8 Å². The molecule has 1 aliphatic heterocycles. The summed E-state index contributed by atoms with van der Waals surface area (Å²) in [6, 6.07) is 8.70. The van der Waals surface area contributed by atoms with Crippen LogP contribution in [0.25, 0.3) is 0 Å². The average Bonchev–Trinajstić information content (AvgIpc) is 2.28. The first kappa shape index (κ1) is 13.6. The van der Waals surface area contributed by atoms with E-state index < -0.39 is 5.60 Å². The van der Waals surface area contributed by atoms with Gasteiger partial charge in [-0.05, 0) is 63.2 Å². The van der Waals surface area contributed by atoms with E-state index in [0.717, 1.165) is 25.3 Å². The van der Waals surface area contributed by atoms with Gasteiger partial charge in [-0.3, -0.25) is 0 Å². The molecule has 0 amide bonds. The van der Waals surface area contributed by atoms with Gasteiger partial charge in [0, 0.05) is 6.42 Å². The van der Waals surface area contributed by atoms with Crippen LogP contribution in [0.15, 0.2) is 24.3 Å². The maximum absolute atomic E-state index is 9.87. The monoisotopic (exact) mass is 247 g/mol. The molecule has 0 saturated carbocycles. The lowest BCUT2D eigenvalue weighted by atomic mass is 9.90. The van der Waals surface area contributed by atoms with Gasteiger partial charge in [0.05, 0.1) is 5.60 Å². The van der Waals surface area contributed by atoms with Crippen molar-refractivity contribution in [2.45, 2.75) is 45.1 Å². The zero-order chi connectivity index (χ0) is 13.0. The van der Waals surface area contributed by atoms with Crippen LogP contribution in [0.4, 0.5) is 0 Å². The number of aliphatic hydroxyl groups is 1. The molecule has 0 bridgehead atoms. The summed E-state index contributed by atoms with van der Waals surface area (Å²) in [7, 11) is 0. The fraction of sp³-hybridized carbons (Fsp3) is 0.625. The summed E-state index contributed by atoms with van der Waals surface area (Å²) in [5.74, 6) is 0.774. The topological polar surface area (TPSA) is 32.3 Å². The van der Waals surface area contributed by atoms with Gasteiger partial charge in [-0.25, -0.2) is 0 Å². The van der Waals surface area contributed by atoms with Gasteiger partial charge in [-0.15, -0.1) is 0 Å². The third-order valence-electron chi connectivity index (χ3n) is 3.55.